The second kappa shape index (κ2) is 7.12. The molecule has 3 aromatic rings. The second-order valence-corrected chi connectivity index (χ2v) is 8.44. The lowest BCUT2D eigenvalue weighted by Gasteiger charge is -2.13. The van der Waals surface area contributed by atoms with Crippen LogP contribution in [-0.2, 0) is 16.6 Å². The minimum absolute atomic E-state index is 0.169. The number of methoxy groups -OCH3 is 1. The van der Waals surface area contributed by atoms with Gasteiger partial charge in [-0.3, -0.25) is 4.79 Å². The molecule has 1 N–H and O–H groups in total. The monoisotopic (exact) mass is 418 g/mol. The summed E-state index contributed by atoms with van der Waals surface area (Å²) in [4.78, 5) is 11.6. The Morgan fingerprint density at radius 3 is 2.42 bits per heavy atom. The van der Waals surface area contributed by atoms with Crippen molar-refractivity contribution >= 4 is 5.97 Å². The molecule has 4 nitrogen and oxygen atoms in total. The Balaban J connectivity index is 1.36. The van der Waals surface area contributed by atoms with Crippen LogP contribution in [0.25, 0.3) is 11.1 Å². The highest BCUT2D eigenvalue weighted by atomic mass is 19.1. The Labute approximate surface area is 180 Å². The van der Waals surface area contributed by atoms with Crippen molar-refractivity contribution in [3.63, 3.8) is 0 Å². The number of fused-ring (bicyclic) bond motifs is 2. The van der Waals surface area contributed by atoms with E-state index in [2.05, 4.69) is 0 Å². The van der Waals surface area contributed by atoms with Gasteiger partial charge in [-0.15, -0.1) is 0 Å². The lowest BCUT2D eigenvalue weighted by Crippen LogP contribution is -2.11. The molecule has 0 heterocycles. The SMILES string of the molecule is COc1ccc(F)c(-c2ccc(Oc3ccc4c(c3)CCC43C(C)C3C(=O)O)cc2)c1. The van der Waals surface area contributed by atoms with Crippen molar-refractivity contribution in [1.29, 1.82) is 0 Å². The number of carboxylic acid groups (broad SMARTS) is 1. The van der Waals surface area contributed by atoms with Gasteiger partial charge in [-0.25, -0.2) is 4.39 Å². The zero-order valence-electron chi connectivity index (χ0n) is 17.4. The van der Waals surface area contributed by atoms with Crippen LogP contribution in [0.4, 0.5) is 4.39 Å². The molecule has 31 heavy (non-hydrogen) atoms. The Kier molecular flexibility index (Phi) is 4.50. The summed E-state index contributed by atoms with van der Waals surface area (Å²) in [6.07, 6.45) is 1.75. The Hall–Kier alpha value is -3.34. The number of hydrogen-bond acceptors (Lipinski definition) is 3. The predicted octanol–water partition coefficient (Wildman–Crippen LogP) is 5.83. The van der Waals surface area contributed by atoms with Crippen LogP contribution >= 0.6 is 0 Å². The molecule has 2 aliphatic carbocycles. The quantitative estimate of drug-likeness (QED) is 0.567. The Morgan fingerprint density at radius 1 is 1.03 bits per heavy atom. The van der Waals surface area contributed by atoms with Gasteiger partial charge < -0.3 is 14.6 Å². The van der Waals surface area contributed by atoms with Gasteiger partial charge in [0.25, 0.3) is 0 Å². The van der Waals surface area contributed by atoms with Gasteiger partial charge in [-0.05, 0) is 77.9 Å². The molecule has 0 bridgehead atoms. The van der Waals surface area contributed by atoms with Crippen LogP contribution in [0.15, 0.2) is 60.7 Å². The summed E-state index contributed by atoms with van der Waals surface area (Å²) < 4.78 is 25.4. The van der Waals surface area contributed by atoms with Crippen LogP contribution in [0.3, 0.4) is 0 Å². The molecule has 0 aliphatic heterocycles. The van der Waals surface area contributed by atoms with Crippen LogP contribution in [0.2, 0.25) is 0 Å². The minimum Gasteiger partial charge on any atom is -0.497 e. The molecule has 3 atom stereocenters. The van der Waals surface area contributed by atoms with E-state index < -0.39 is 5.97 Å². The largest absolute Gasteiger partial charge is 0.497 e. The summed E-state index contributed by atoms with van der Waals surface area (Å²) in [6, 6.07) is 17.9. The molecular weight excluding hydrogens is 395 g/mol. The number of aryl methyl sites for hydroxylation is 1. The molecule has 0 amide bonds. The van der Waals surface area contributed by atoms with Crippen LogP contribution in [0.1, 0.15) is 24.5 Å². The smallest absolute Gasteiger partial charge is 0.307 e. The van der Waals surface area contributed by atoms with E-state index in [4.69, 9.17) is 9.47 Å². The maximum atomic E-state index is 14.2. The Bertz CT molecular complexity index is 1170. The Morgan fingerprint density at radius 2 is 1.74 bits per heavy atom. The lowest BCUT2D eigenvalue weighted by atomic mass is 9.94. The first-order chi connectivity index (χ1) is 14.9. The molecule has 5 rings (SSSR count). The highest BCUT2D eigenvalue weighted by Crippen LogP contribution is 2.66. The molecule has 3 unspecified atom stereocenters. The van der Waals surface area contributed by atoms with Gasteiger partial charge in [0, 0.05) is 11.0 Å². The molecule has 0 radical (unpaired) electrons. The predicted molar refractivity (Wildman–Crippen MR) is 115 cm³/mol. The first-order valence-corrected chi connectivity index (χ1v) is 10.4. The zero-order valence-corrected chi connectivity index (χ0v) is 17.4. The number of hydrogen-bond donors (Lipinski definition) is 1. The molecule has 3 aromatic carbocycles. The number of ether oxygens (including phenoxy) is 2. The maximum Gasteiger partial charge on any atom is 0.307 e. The molecule has 1 saturated carbocycles. The second-order valence-electron chi connectivity index (χ2n) is 8.44. The van der Waals surface area contributed by atoms with Crippen molar-refractivity contribution in [2.75, 3.05) is 7.11 Å². The van der Waals surface area contributed by atoms with E-state index >= 15 is 0 Å². The minimum atomic E-state index is -0.701. The third-order valence-electron chi connectivity index (χ3n) is 6.99. The van der Waals surface area contributed by atoms with Crippen molar-refractivity contribution in [3.05, 3.63) is 77.6 Å². The fourth-order valence-electron chi connectivity index (χ4n) is 5.32. The first-order valence-electron chi connectivity index (χ1n) is 10.4. The highest BCUT2D eigenvalue weighted by Gasteiger charge is 2.68. The number of carbonyl (C=O) groups is 1. The van der Waals surface area contributed by atoms with Crippen LogP contribution in [0, 0.1) is 17.7 Å². The summed E-state index contributed by atoms with van der Waals surface area (Å²) >= 11 is 0. The van der Waals surface area contributed by atoms with Crippen molar-refractivity contribution in [2.24, 2.45) is 11.8 Å². The fraction of sp³-hybridized carbons (Fsp3) is 0.269. The fourth-order valence-corrected chi connectivity index (χ4v) is 5.32. The molecule has 2 aliphatic rings. The van der Waals surface area contributed by atoms with Gasteiger partial charge in [-0.2, -0.15) is 0 Å². The van der Waals surface area contributed by atoms with Crippen molar-refractivity contribution in [2.45, 2.75) is 25.2 Å². The van der Waals surface area contributed by atoms with E-state index in [1.165, 1.54) is 11.6 Å². The molecule has 0 aromatic heterocycles. The van der Waals surface area contributed by atoms with E-state index in [1.54, 1.807) is 19.2 Å². The summed E-state index contributed by atoms with van der Waals surface area (Å²) in [5, 5.41) is 9.52. The summed E-state index contributed by atoms with van der Waals surface area (Å²) in [5.41, 5.74) is 3.33. The van der Waals surface area contributed by atoms with E-state index in [1.807, 2.05) is 49.4 Å². The molecule has 1 fully saturated rings. The van der Waals surface area contributed by atoms with Crippen molar-refractivity contribution in [3.8, 4) is 28.4 Å². The number of aliphatic carboxylic acids is 1. The van der Waals surface area contributed by atoms with Gasteiger partial charge in [0.2, 0.25) is 0 Å². The van der Waals surface area contributed by atoms with Gasteiger partial charge in [-0.1, -0.05) is 25.1 Å². The van der Waals surface area contributed by atoms with Gasteiger partial charge in [0.05, 0.1) is 13.0 Å². The zero-order chi connectivity index (χ0) is 21.8. The first kappa shape index (κ1) is 19.6. The van der Waals surface area contributed by atoms with Crippen LogP contribution in [-0.4, -0.2) is 18.2 Å². The van der Waals surface area contributed by atoms with E-state index in [9.17, 15) is 14.3 Å². The van der Waals surface area contributed by atoms with E-state index in [-0.39, 0.29) is 23.1 Å². The third-order valence-corrected chi connectivity index (χ3v) is 6.99. The molecule has 0 saturated heterocycles. The van der Waals surface area contributed by atoms with Crippen LogP contribution < -0.4 is 9.47 Å². The average molecular weight is 418 g/mol. The van der Waals surface area contributed by atoms with Gasteiger partial charge in [0.1, 0.15) is 23.1 Å². The van der Waals surface area contributed by atoms with Crippen LogP contribution in [0.5, 0.6) is 17.2 Å². The summed E-state index contributed by atoms with van der Waals surface area (Å²) in [6.45, 7) is 2.03. The van der Waals surface area contributed by atoms with Gasteiger partial charge >= 0.3 is 5.97 Å². The number of rotatable bonds is 5. The average Bonchev–Trinajstić information content (AvgIpc) is 3.19. The topological polar surface area (TPSA) is 55.8 Å². The molecular formula is C26H23FO4. The van der Waals surface area contributed by atoms with E-state index in [0.29, 0.717) is 17.1 Å². The van der Waals surface area contributed by atoms with Crippen molar-refractivity contribution in [1.82, 2.24) is 0 Å². The summed E-state index contributed by atoms with van der Waals surface area (Å²) in [7, 11) is 1.55. The highest BCUT2D eigenvalue weighted by molar-refractivity contribution is 5.79. The van der Waals surface area contributed by atoms with Gasteiger partial charge in [0.15, 0.2) is 0 Å². The molecule has 1 spiro atoms. The normalized spacial score (nSPS) is 23.5. The third kappa shape index (κ3) is 3.07. The lowest BCUT2D eigenvalue weighted by molar-refractivity contribution is -0.139. The number of benzene rings is 3. The standard InChI is InChI=1S/C26H23FO4/c1-15-24(25(28)29)26(15)12-11-17-13-20(7-9-22(17)26)31-18-5-3-16(4-6-18)21-14-19(30-2)8-10-23(21)27/h3-10,13-15,24H,11-12H2,1-2H3,(H,28,29). The number of carboxylic acids is 1. The maximum absolute atomic E-state index is 14.2. The van der Waals surface area contributed by atoms with Crippen molar-refractivity contribution < 1.29 is 23.8 Å². The summed E-state index contributed by atoms with van der Waals surface area (Å²) in [5.74, 6) is 0.846. The molecule has 158 valence electrons. The van der Waals surface area contributed by atoms with E-state index in [0.717, 1.165) is 29.7 Å². The number of halogens is 1. The molecule has 5 heteroatoms.